The molecule has 1 fully saturated rings. The van der Waals surface area contributed by atoms with Crippen molar-refractivity contribution in [3.63, 3.8) is 0 Å². The maximum atomic E-state index is 12.3. The Morgan fingerprint density at radius 1 is 1.35 bits per heavy atom. The van der Waals surface area contributed by atoms with Crippen LogP contribution in [-0.4, -0.2) is 41.2 Å². The van der Waals surface area contributed by atoms with Gasteiger partial charge in [0, 0.05) is 25.0 Å². The SMILES string of the molecule is COc1cccc(CC2CCN(C(=O)Cc3ccn[nH]3)CC2)c1. The minimum atomic E-state index is 0.189. The van der Waals surface area contributed by atoms with Crippen molar-refractivity contribution in [2.75, 3.05) is 20.2 Å². The molecule has 2 aromatic rings. The second-order valence-electron chi connectivity index (χ2n) is 6.14. The number of likely N-dealkylation sites (tertiary alicyclic amines) is 1. The van der Waals surface area contributed by atoms with Crippen LogP contribution in [0, 0.1) is 5.92 Å². The number of methoxy groups -OCH3 is 1. The quantitative estimate of drug-likeness (QED) is 0.922. The van der Waals surface area contributed by atoms with E-state index in [0.29, 0.717) is 12.3 Å². The lowest BCUT2D eigenvalue weighted by molar-refractivity contribution is -0.131. The van der Waals surface area contributed by atoms with E-state index in [1.54, 1.807) is 13.3 Å². The first-order chi connectivity index (χ1) is 11.2. The van der Waals surface area contributed by atoms with E-state index in [1.165, 1.54) is 5.56 Å². The first kappa shape index (κ1) is 15.6. The van der Waals surface area contributed by atoms with Gasteiger partial charge in [-0.25, -0.2) is 0 Å². The molecule has 1 aliphatic heterocycles. The standard InChI is InChI=1S/C18H23N3O2/c1-23-17-4-2-3-15(12-17)11-14-6-9-21(10-7-14)18(22)13-16-5-8-19-20-16/h2-5,8,12,14H,6-7,9-11,13H2,1H3,(H,19,20). The number of rotatable bonds is 5. The van der Waals surface area contributed by atoms with E-state index in [9.17, 15) is 4.79 Å². The van der Waals surface area contributed by atoms with Gasteiger partial charge in [-0.05, 0) is 48.9 Å². The minimum absolute atomic E-state index is 0.189. The second kappa shape index (κ2) is 7.31. The number of nitrogens with zero attached hydrogens (tertiary/aromatic N) is 2. The maximum absolute atomic E-state index is 12.3. The first-order valence-corrected chi connectivity index (χ1v) is 8.13. The van der Waals surface area contributed by atoms with E-state index in [2.05, 4.69) is 22.3 Å². The van der Waals surface area contributed by atoms with Crippen molar-refractivity contribution >= 4 is 5.91 Å². The number of aromatic nitrogens is 2. The number of amides is 1. The normalized spacial score (nSPS) is 15.6. The van der Waals surface area contributed by atoms with Gasteiger partial charge in [0.25, 0.3) is 0 Å². The summed E-state index contributed by atoms with van der Waals surface area (Å²) in [6, 6.07) is 10.1. The molecular weight excluding hydrogens is 290 g/mol. The van der Waals surface area contributed by atoms with Crippen LogP contribution in [0.15, 0.2) is 36.5 Å². The van der Waals surface area contributed by atoms with Crippen LogP contribution in [0.25, 0.3) is 0 Å². The number of hydrogen-bond donors (Lipinski definition) is 1. The third-order valence-electron chi connectivity index (χ3n) is 4.53. The predicted octanol–water partition coefficient (Wildman–Crippen LogP) is 2.44. The number of aromatic amines is 1. The fourth-order valence-electron chi connectivity index (χ4n) is 3.18. The third-order valence-corrected chi connectivity index (χ3v) is 4.53. The van der Waals surface area contributed by atoms with Crippen molar-refractivity contribution < 1.29 is 9.53 Å². The predicted molar refractivity (Wildman–Crippen MR) is 88.3 cm³/mol. The van der Waals surface area contributed by atoms with Gasteiger partial charge < -0.3 is 9.64 Å². The fraction of sp³-hybridized carbons (Fsp3) is 0.444. The van der Waals surface area contributed by atoms with Crippen molar-refractivity contribution in [2.24, 2.45) is 5.92 Å². The van der Waals surface area contributed by atoms with Crippen LogP contribution in [0.2, 0.25) is 0 Å². The molecular formula is C18H23N3O2. The molecule has 1 saturated heterocycles. The van der Waals surface area contributed by atoms with Crippen LogP contribution in [-0.2, 0) is 17.6 Å². The van der Waals surface area contributed by atoms with Gasteiger partial charge in [0.05, 0.1) is 13.5 Å². The molecule has 23 heavy (non-hydrogen) atoms. The van der Waals surface area contributed by atoms with Gasteiger partial charge in [-0.1, -0.05) is 12.1 Å². The number of carbonyl (C=O) groups is 1. The van der Waals surface area contributed by atoms with Gasteiger partial charge in [-0.15, -0.1) is 0 Å². The average molecular weight is 313 g/mol. The summed E-state index contributed by atoms with van der Waals surface area (Å²) in [5, 5.41) is 6.74. The number of benzene rings is 1. The Bertz CT molecular complexity index is 631. The summed E-state index contributed by atoms with van der Waals surface area (Å²) in [6.07, 6.45) is 5.28. The van der Waals surface area contributed by atoms with Crippen LogP contribution in [0.3, 0.4) is 0 Å². The highest BCUT2D eigenvalue weighted by Gasteiger charge is 2.23. The van der Waals surface area contributed by atoms with Crippen molar-refractivity contribution in [3.8, 4) is 5.75 Å². The molecule has 1 aromatic heterocycles. The van der Waals surface area contributed by atoms with E-state index in [4.69, 9.17) is 4.74 Å². The zero-order valence-electron chi connectivity index (χ0n) is 13.5. The lowest BCUT2D eigenvalue weighted by Crippen LogP contribution is -2.39. The number of H-pyrrole nitrogens is 1. The number of carbonyl (C=O) groups excluding carboxylic acids is 1. The Morgan fingerprint density at radius 2 is 2.17 bits per heavy atom. The summed E-state index contributed by atoms with van der Waals surface area (Å²) < 4.78 is 5.28. The Kier molecular flexibility index (Phi) is 4.95. The van der Waals surface area contributed by atoms with E-state index < -0.39 is 0 Å². The Hall–Kier alpha value is -2.30. The molecule has 122 valence electrons. The molecule has 1 aliphatic rings. The highest BCUT2D eigenvalue weighted by molar-refractivity contribution is 5.78. The highest BCUT2D eigenvalue weighted by Crippen LogP contribution is 2.24. The molecule has 0 radical (unpaired) electrons. The Balaban J connectivity index is 1.49. The van der Waals surface area contributed by atoms with Gasteiger partial charge in [0.15, 0.2) is 0 Å². The van der Waals surface area contributed by atoms with Gasteiger partial charge in [-0.2, -0.15) is 5.10 Å². The van der Waals surface area contributed by atoms with Crippen LogP contribution in [0.5, 0.6) is 5.75 Å². The van der Waals surface area contributed by atoms with Crippen LogP contribution < -0.4 is 4.74 Å². The zero-order chi connectivity index (χ0) is 16.1. The van der Waals surface area contributed by atoms with Crippen molar-refractivity contribution in [2.45, 2.75) is 25.7 Å². The molecule has 5 nitrogen and oxygen atoms in total. The molecule has 2 heterocycles. The van der Waals surface area contributed by atoms with Gasteiger partial charge in [-0.3, -0.25) is 9.89 Å². The van der Waals surface area contributed by atoms with Gasteiger partial charge in [0.1, 0.15) is 5.75 Å². The molecule has 0 saturated carbocycles. The molecule has 1 N–H and O–H groups in total. The van der Waals surface area contributed by atoms with Crippen LogP contribution in [0.1, 0.15) is 24.1 Å². The summed E-state index contributed by atoms with van der Waals surface area (Å²) in [7, 11) is 1.70. The molecule has 0 aliphatic carbocycles. The number of ether oxygens (including phenoxy) is 1. The largest absolute Gasteiger partial charge is 0.497 e. The molecule has 0 unspecified atom stereocenters. The van der Waals surface area contributed by atoms with E-state index in [0.717, 1.165) is 43.8 Å². The average Bonchev–Trinajstić information content (AvgIpc) is 3.08. The molecule has 1 amide bonds. The molecule has 0 bridgehead atoms. The topological polar surface area (TPSA) is 58.2 Å². The maximum Gasteiger partial charge on any atom is 0.228 e. The van der Waals surface area contributed by atoms with E-state index >= 15 is 0 Å². The number of piperidine rings is 1. The Morgan fingerprint density at radius 3 is 2.87 bits per heavy atom. The minimum Gasteiger partial charge on any atom is -0.497 e. The molecule has 3 rings (SSSR count). The number of nitrogens with one attached hydrogen (secondary N) is 1. The molecule has 1 aromatic carbocycles. The van der Waals surface area contributed by atoms with Crippen molar-refractivity contribution in [3.05, 3.63) is 47.8 Å². The second-order valence-corrected chi connectivity index (χ2v) is 6.14. The van der Waals surface area contributed by atoms with E-state index in [-0.39, 0.29) is 5.91 Å². The van der Waals surface area contributed by atoms with Crippen LogP contribution >= 0.6 is 0 Å². The molecule has 0 spiro atoms. The summed E-state index contributed by atoms with van der Waals surface area (Å²) >= 11 is 0. The zero-order valence-corrected chi connectivity index (χ0v) is 13.5. The van der Waals surface area contributed by atoms with Gasteiger partial charge >= 0.3 is 0 Å². The van der Waals surface area contributed by atoms with Crippen molar-refractivity contribution in [1.29, 1.82) is 0 Å². The summed E-state index contributed by atoms with van der Waals surface area (Å²) in [5.41, 5.74) is 2.19. The number of hydrogen-bond acceptors (Lipinski definition) is 3. The Labute approximate surface area is 136 Å². The smallest absolute Gasteiger partial charge is 0.228 e. The first-order valence-electron chi connectivity index (χ1n) is 8.13. The molecule has 5 heteroatoms. The molecule has 0 atom stereocenters. The lowest BCUT2D eigenvalue weighted by Gasteiger charge is -2.32. The highest BCUT2D eigenvalue weighted by atomic mass is 16.5. The lowest BCUT2D eigenvalue weighted by atomic mass is 9.90. The summed E-state index contributed by atoms with van der Waals surface area (Å²) in [6.45, 7) is 1.70. The van der Waals surface area contributed by atoms with E-state index in [1.807, 2.05) is 23.1 Å². The van der Waals surface area contributed by atoms with Gasteiger partial charge in [0.2, 0.25) is 5.91 Å². The monoisotopic (exact) mass is 313 g/mol. The van der Waals surface area contributed by atoms with Crippen molar-refractivity contribution in [1.82, 2.24) is 15.1 Å². The van der Waals surface area contributed by atoms with Crippen LogP contribution in [0.4, 0.5) is 0 Å². The summed E-state index contributed by atoms with van der Waals surface area (Å²) in [4.78, 5) is 14.3. The fourth-order valence-corrected chi connectivity index (χ4v) is 3.18. The third kappa shape index (κ3) is 4.12. The summed E-state index contributed by atoms with van der Waals surface area (Å²) in [5.74, 6) is 1.74.